The molecule has 3 fully saturated rings. The van der Waals surface area contributed by atoms with E-state index in [-0.39, 0.29) is 6.42 Å². The summed E-state index contributed by atoms with van der Waals surface area (Å²) < 4.78 is 10.7. The third kappa shape index (κ3) is 3.13. The summed E-state index contributed by atoms with van der Waals surface area (Å²) in [6, 6.07) is 0. The van der Waals surface area contributed by atoms with Crippen LogP contribution >= 0.6 is 0 Å². The number of nitrogens with zero attached hydrogens (tertiary/aromatic N) is 2. The molecule has 1 heterocycles. The zero-order valence-electron chi connectivity index (χ0n) is 15.6. The molecule has 3 aliphatic rings. The Bertz CT molecular complexity index is 693. The minimum atomic E-state index is -0.527. The number of hydrogen-bond donors (Lipinski definition) is 0. The number of carbonyl (C=O) groups is 1. The highest BCUT2D eigenvalue weighted by atomic mass is 16.6. The molecule has 4 rings (SSSR count). The lowest BCUT2D eigenvalue weighted by Crippen LogP contribution is -2.55. The maximum atomic E-state index is 12.0. The first-order valence-corrected chi connectivity index (χ1v) is 9.41. The molecule has 2 spiro atoms. The molecule has 0 unspecified atom stereocenters. The van der Waals surface area contributed by atoms with Crippen LogP contribution < -0.4 is 0 Å². The van der Waals surface area contributed by atoms with Gasteiger partial charge in [-0.3, -0.25) is 0 Å². The zero-order chi connectivity index (χ0) is 17.9. The molecule has 0 N–H and O–H groups in total. The van der Waals surface area contributed by atoms with Crippen molar-refractivity contribution in [3.63, 3.8) is 0 Å². The van der Waals surface area contributed by atoms with Gasteiger partial charge in [0.05, 0.1) is 6.42 Å². The fourth-order valence-electron chi connectivity index (χ4n) is 5.14. The predicted molar refractivity (Wildman–Crippen MR) is 92.9 cm³/mol. The van der Waals surface area contributed by atoms with Gasteiger partial charge in [-0.2, -0.15) is 4.98 Å². The average Bonchev–Trinajstić information content (AvgIpc) is 2.80. The molecule has 136 valence electrons. The fraction of sp³-hybridized carbons (Fsp3) is 0.750. The van der Waals surface area contributed by atoms with E-state index in [1.807, 2.05) is 20.8 Å². The summed E-state index contributed by atoms with van der Waals surface area (Å²) >= 11 is 0. The van der Waals surface area contributed by atoms with Gasteiger partial charge < -0.3 is 9.26 Å². The maximum absolute atomic E-state index is 12.0. The van der Waals surface area contributed by atoms with Gasteiger partial charge in [0, 0.05) is 11.5 Å². The first kappa shape index (κ1) is 16.8. The van der Waals surface area contributed by atoms with Crippen molar-refractivity contribution in [1.29, 1.82) is 0 Å². The summed E-state index contributed by atoms with van der Waals surface area (Å²) in [5.74, 6) is 1.27. The van der Waals surface area contributed by atoms with E-state index in [4.69, 9.17) is 9.26 Å². The molecule has 1 aromatic rings. The van der Waals surface area contributed by atoms with E-state index in [0.717, 1.165) is 11.2 Å². The highest BCUT2D eigenvalue weighted by Crippen LogP contribution is 2.73. The predicted octanol–water partition coefficient (Wildman–Crippen LogP) is 4.34. The Balaban J connectivity index is 1.28. The Morgan fingerprint density at radius 1 is 1.28 bits per heavy atom. The summed E-state index contributed by atoms with van der Waals surface area (Å²) in [7, 11) is 0. The number of rotatable bonds is 4. The Kier molecular flexibility index (Phi) is 3.64. The summed E-state index contributed by atoms with van der Waals surface area (Å²) in [6.07, 6.45) is 9.78. The molecule has 5 heteroatoms. The highest BCUT2D eigenvalue weighted by Gasteiger charge is 2.62. The standard InChI is InChI=1S/C20H28N2O3/c1-13(17(23)24-18(2,3)4)8-15-21-16(22-25-15)14-9-20(10-14)11-19(12-20)6-5-7-19/h14H,1,5-12H2,2-4H3. The number of aromatic nitrogens is 2. The Morgan fingerprint density at radius 2 is 1.96 bits per heavy atom. The summed E-state index contributed by atoms with van der Waals surface area (Å²) in [5, 5.41) is 4.14. The van der Waals surface area contributed by atoms with Crippen LogP contribution in [0.3, 0.4) is 0 Å². The number of ether oxygens (including phenoxy) is 1. The first-order valence-electron chi connectivity index (χ1n) is 9.41. The van der Waals surface area contributed by atoms with Crippen LogP contribution in [-0.4, -0.2) is 21.7 Å². The molecule has 0 aliphatic heterocycles. The maximum Gasteiger partial charge on any atom is 0.334 e. The van der Waals surface area contributed by atoms with E-state index >= 15 is 0 Å². The average molecular weight is 344 g/mol. The third-order valence-corrected chi connectivity index (χ3v) is 6.17. The number of hydrogen-bond acceptors (Lipinski definition) is 5. The normalized spacial score (nSPS) is 23.6. The van der Waals surface area contributed by atoms with Crippen LogP contribution in [0.25, 0.3) is 0 Å². The lowest BCUT2D eigenvalue weighted by atomic mass is 9.38. The van der Waals surface area contributed by atoms with Crippen LogP contribution in [-0.2, 0) is 16.0 Å². The largest absolute Gasteiger partial charge is 0.457 e. The van der Waals surface area contributed by atoms with Gasteiger partial charge in [-0.05, 0) is 70.1 Å². The lowest BCUT2D eigenvalue weighted by Gasteiger charge is -2.66. The second kappa shape index (κ2) is 5.42. The van der Waals surface area contributed by atoms with Crippen LogP contribution in [0, 0.1) is 10.8 Å². The summed E-state index contributed by atoms with van der Waals surface area (Å²) in [5.41, 5.74) is 1.12. The van der Waals surface area contributed by atoms with Gasteiger partial charge in [0.15, 0.2) is 5.82 Å². The van der Waals surface area contributed by atoms with Gasteiger partial charge in [0.25, 0.3) is 0 Å². The van der Waals surface area contributed by atoms with Crippen LogP contribution in [0.2, 0.25) is 0 Å². The molecular formula is C20H28N2O3. The highest BCUT2D eigenvalue weighted by molar-refractivity contribution is 5.88. The van der Waals surface area contributed by atoms with Crippen molar-refractivity contribution >= 4 is 5.97 Å². The van der Waals surface area contributed by atoms with Gasteiger partial charge >= 0.3 is 5.97 Å². The van der Waals surface area contributed by atoms with Crippen molar-refractivity contribution in [2.45, 2.75) is 83.7 Å². The molecule has 0 atom stereocenters. The van der Waals surface area contributed by atoms with E-state index in [0.29, 0.717) is 22.8 Å². The smallest absolute Gasteiger partial charge is 0.334 e. The van der Waals surface area contributed by atoms with Crippen molar-refractivity contribution in [3.05, 3.63) is 23.9 Å². The third-order valence-electron chi connectivity index (χ3n) is 6.17. The van der Waals surface area contributed by atoms with E-state index < -0.39 is 11.6 Å². The van der Waals surface area contributed by atoms with Crippen molar-refractivity contribution in [1.82, 2.24) is 10.1 Å². The van der Waals surface area contributed by atoms with Crippen LogP contribution in [0.4, 0.5) is 0 Å². The summed E-state index contributed by atoms with van der Waals surface area (Å²) in [6.45, 7) is 9.31. The van der Waals surface area contributed by atoms with Crippen molar-refractivity contribution in [2.24, 2.45) is 10.8 Å². The minimum absolute atomic E-state index is 0.253. The van der Waals surface area contributed by atoms with Crippen LogP contribution in [0.1, 0.15) is 83.3 Å². The molecule has 1 aromatic heterocycles. The van der Waals surface area contributed by atoms with Crippen molar-refractivity contribution in [3.8, 4) is 0 Å². The molecule has 3 aliphatic carbocycles. The lowest BCUT2D eigenvalue weighted by molar-refractivity contribution is -0.150. The monoisotopic (exact) mass is 344 g/mol. The van der Waals surface area contributed by atoms with E-state index in [9.17, 15) is 4.79 Å². The second-order valence-electron chi connectivity index (χ2n) is 9.64. The second-order valence-corrected chi connectivity index (χ2v) is 9.64. The SMILES string of the molecule is C=C(Cc1nc(C2CC3(C2)CC2(CCC2)C3)no1)C(=O)OC(C)(C)C. The molecule has 25 heavy (non-hydrogen) atoms. The number of carbonyl (C=O) groups excluding carboxylic acids is 1. The van der Waals surface area contributed by atoms with Crippen LogP contribution in [0.5, 0.6) is 0 Å². The van der Waals surface area contributed by atoms with Crippen molar-refractivity contribution in [2.75, 3.05) is 0 Å². The number of esters is 1. The molecule has 3 saturated carbocycles. The van der Waals surface area contributed by atoms with E-state index in [1.165, 1.54) is 44.9 Å². The molecule has 0 amide bonds. The zero-order valence-corrected chi connectivity index (χ0v) is 15.6. The first-order chi connectivity index (χ1) is 11.7. The van der Waals surface area contributed by atoms with Gasteiger partial charge in [0.1, 0.15) is 5.60 Å². The van der Waals surface area contributed by atoms with E-state index in [2.05, 4.69) is 16.7 Å². The molecule has 0 aromatic carbocycles. The van der Waals surface area contributed by atoms with Crippen LogP contribution in [0.15, 0.2) is 16.7 Å². The van der Waals surface area contributed by atoms with Gasteiger partial charge in [-0.1, -0.05) is 18.2 Å². The van der Waals surface area contributed by atoms with Gasteiger partial charge in [0.2, 0.25) is 5.89 Å². The van der Waals surface area contributed by atoms with E-state index in [1.54, 1.807) is 0 Å². The molecule has 5 nitrogen and oxygen atoms in total. The molecule has 0 radical (unpaired) electrons. The quantitative estimate of drug-likeness (QED) is 0.600. The van der Waals surface area contributed by atoms with Gasteiger partial charge in [-0.25, -0.2) is 4.79 Å². The Morgan fingerprint density at radius 3 is 2.52 bits per heavy atom. The Hall–Kier alpha value is -1.65. The topological polar surface area (TPSA) is 65.2 Å². The Labute approximate surface area is 149 Å². The molecule has 0 bridgehead atoms. The molecular weight excluding hydrogens is 316 g/mol. The minimum Gasteiger partial charge on any atom is -0.457 e. The van der Waals surface area contributed by atoms with Crippen molar-refractivity contribution < 1.29 is 14.1 Å². The van der Waals surface area contributed by atoms with Gasteiger partial charge in [-0.15, -0.1) is 0 Å². The molecule has 0 saturated heterocycles. The summed E-state index contributed by atoms with van der Waals surface area (Å²) in [4.78, 5) is 16.5. The fourth-order valence-corrected chi connectivity index (χ4v) is 5.14.